The van der Waals surface area contributed by atoms with Gasteiger partial charge >= 0.3 is 0 Å². The van der Waals surface area contributed by atoms with Crippen molar-refractivity contribution >= 4 is 33.6 Å². The number of benzene rings is 3. The van der Waals surface area contributed by atoms with E-state index < -0.39 is 0 Å². The predicted octanol–water partition coefficient (Wildman–Crippen LogP) is 4.52. The fourth-order valence-electron chi connectivity index (χ4n) is 3.28. The number of anilines is 1. The van der Waals surface area contributed by atoms with E-state index in [1.54, 1.807) is 11.9 Å². The molecular weight excluding hydrogens is 322 g/mol. The summed E-state index contributed by atoms with van der Waals surface area (Å²) in [5.74, 6) is 0. The first-order chi connectivity index (χ1) is 12.7. The first-order valence-corrected chi connectivity index (χ1v) is 8.21. The first-order valence-electron chi connectivity index (χ1n) is 8.21. The summed E-state index contributed by atoms with van der Waals surface area (Å²) in [5, 5.41) is 13.3. The molecule has 3 aromatic carbocycles. The minimum atomic E-state index is 0.652. The molecule has 0 N–H and O–H groups in total. The van der Waals surface area contributed by atoms with E-state index in [2.05, 4.69) is 11.1 Å². The molecule has 0 saturated heterocycles. The monoisotopic (exact) mass is 337 g/mol. The molecule has 0 fully saturated rings. The summed E-state index contributed by atoms with van der Waals surface area (Å²) in [4.78, 5) is 17.1. The van der Waals surface area contributed by atoms with Crippen LogP contribution in [0.25, 0.3) is 32.7 Å². The van der Waals surface area contributed by atoms with Crippen LogP contribution in [0.5, 0.6) is 0 Å². The zero-order valence-corrected chi connectivity index (χ0v) is 14.2. The van der Waals surface area contributed by atoms with Gasteiger partial charge in [-0.05, 0) is 34.5 Å². The molecule has 0 atom stereocenters. The van der Waals surface area contributed by atoms with E-state index in [9.17, 15) is 10.1 Å². The van der Waals surface area contributed by atoms with Crippen LogP contribution in [0.4, 0.5) is 5.69 Å². The third kappa shape index (κ3) is 2.47. The van der Waals surface area contributed by atoms with Crippen LogP contribution >= 0.6 is 0 Å². The third-order valence-electron chi connectivity index (χ3n) is 4.64. The smallest absolute Gasteiger partial charge is 0.213 e. The van der Waals surface area contributed by atoms with Crippen LogP contribution in [-0.2, 0) is 4.79 Å². The van der Waals surface area contributed by atoms with E-state index in [4.69, 9.17) is 0 Å². The molecule has 0 spiro atoms. The number of aromatic nitrogens is 1. The number of carbonyl (C=O) groups is 1. The second-order valence-electron chi connectivity index (χ2n) is 6.13. The topological polar surface area (TPSA) is 57.0 Å². The highest BCUT2D eigenvalue weighted by Crippen LogP contribution is 2.35. The van der Waals surface area contributed by atoms with E-state index in [0.29, 0.717) is 5.56 Å². The number of rotatable bonds is 3. The average Bonchev–Trinajstić information content (AvgIpc) is 2.71. The maximum atomic E-state index is 11.1. The summed E-state index contributed by atoms with van der Waals surface area (Å²) in [5.41, 5.74) is 3.46. The van der Waals surface area contributed by atoms with Crippen molar-refractivity contribution in [1.82, 2.24) is 4.98 Å². The van der Waals surface area contributed by atoms with Crippen molar-refractivity contribution in [2.75, 3.05) is 11.9 Å². The second kappa shape index (κ2) is 6.30. The molecule has 4 nitrogen and oxygen atoms in total. The Morgan fingerprint density at radius 1 is 0.962 bits per heavy atom. The lowest BCUT2D eigenvalue weighted by atomic mass is 9.93. The van der Waals surface area contributed by atoms with Crippen LogP contribution in [0.3, 0.4) is 0 Å². The van der Waals surface area contributed by atoms with Gasteiger partial charge in [0.2, 0.25) is 6.41 Å². The molecule has 0 aliphatic carbocycles. The van der Waals surface area contributed by atoms with E-state index in [1.807, 2.05) is 67.0 Å². The minimum Gasteiger partial charge on any atom is -0.318 e. The molecule has 0 saturated carbocycles. The predicted molar refractivity (Wildman–Crippen MR) is 104 cm³/mol. The molecule has 124 valence electrons. The van der Waals surface area contributed by atoms with Crippen LogP contribution in [0.2, 0.25) is 0 Å². The number of fused-ring (bicyclic) bond motifs is 2. The second-order valence-corrected chi connectivity index (χ2v) is 6.13. The van der Waals surface area contributed by atoms with Crippen molar-refractivity contribution in [3.63, 3.8) is 0 Å². The molecule has 4 aromatic rings. The number of hydrogen-bond acceptors (Lipinski definition) is 3. The minimum absolute atomic E-state index is 0.652. The molecule has 1 amide bonds. The Morgan fingerprint density at radius 2 is 1.77 bits per heavy atom. The van der Waals surface area contributed by atoms with Gasteiger partial charge in [-0.25, -0.2) is 0 Å². The van der Waals surface area contributed by atoms with E-state index in [1.165, 1.54) is 0 Å². The van der Waals surface area contributed by atoms with Gasteiger partial charge in [0, 0.05) is 41.5 Å². The molecule has 1 heterocycles. The molecule has 1 aromatic heterocycles. The number of carbonyl (C=O) groups excluding carboxylic acids is 1. The van der Waals surface area contributed by atoms with Crippen LogP contribution in [-0.4, -0.2) is 18.4 Å². The van der Waals surface area contributed by atoms with Crippen LogP contribution in [0.1, 0.15) is 5.56 Å². The van der Waals surface area contributed by atoms with Gasteiger partial charge in [-0.15, -0.1) is 0 Å². The molecule has 4 rings (SSSR count). The Balaban J connectivity index is 2.05. The van der Waals surface area contributed by atoms with Crippen molar-refractivity contribution in [3.8, 4) is 17.2 Å². The summed E-state index contributed by atoms with van der Waals surface area (Å²) >= 11 is 0. The lowest BCUT2D eigenvalue weighted by Gasteiger charge is -2.14. The maximum Gasteiger partial charge on any atom is 0.213 e. The van der Waals surface area contributed by atoms with Gasteiger partial charge in [0.25, 0.3) is 0 Å². The fraction of sp³-hybridized carbons (Fsp3) is 0.0455. The van der Waals surface area contributed by atoms with Crippen molar-refractivity contribution in [2.24, 2.45) is 0 Å². The lowest BCUT2D eigenvalue weighted by Crippen LogP contribution is -2.13. The maximum absolute atomic E-state index is 11.1. The number of nitriles is 1. The van der Waals surface area contributed by atoms with Gasteiger partial charge in [-0.3, -0.25) is 9.78 Å². The van der Waals surface area contributed by atoms with Gasteiger partial charge in [-0.1, -0.05) is 36.4 Å². The summed E-state index contributed by atoms with van der Waals surface area (Å²) in [7, 11) is 1.73. The zero-order valence-electron chi connectivity index (χ0n) is 14.2. The van der Waals surface area contributed by atoms with Gasteiger partial charge in [-0.2, -0.15) is 5.26 Å². The number of nitrogens with zero attached hydrogens (tertiary/aromatic N) is 3. The Kier molecular flexibility index (Phi) is 3.83. The molecule has 26 heavy (non-hydrogen) atoms. The summed E-state index contributed by atoms with van der Waals surface area (Å²) in [6.45, 7) is 0. The van der Waals surface area contributed by atoms with Crippen LogP contribution in [0, 0.1) is 11.3 Å². The SMILES string of the molecule is CN(C=O)c1ccc2cncc(-c3ccc(C#N)c4ccccc34)c2c1. The number of pyridine rings is 1. The molecule has 0 unspecified atom stereocenters. The Hall–Kier alpha value is -3.71. The van der Waals surface area contributed by atoms with Gasteiger partial charge in [0.1, 0.15) is 0 Å². The quantitative estimate of drug-likeness (QED) is 0.517. The van der Waals surface area contributed by atoms with Crippen molar-refractivity contribution in [1.29, 1.82) is 5.26 Å². The van der Waals surface area contributed by atoms with Crippen LogP contribution < -0.4 is 4.90 Å². The van der Waals surface area contributed by atoms with E-state index in [-0.39, 0.29) is 0 Å². The first kappa shape index (κ1) is 15.8. The van der Waals surface area contributed by atoms with Gasteiger partial charge in [0.15, 0.2) is 0 Å². The van der Waals surface area contributed by atoms with Crippen molar-refractivity contribution in [3.05, 3.63) is 72.6 Å². The van der Waals surface area contributed by atoms with Gasteiger partial charge in [0.05, 0.1) is 11.6 Å². The summed E-state index contributed by atoms with van der Waals surface area (Å²) < 4.78 is 0. The van der Waals surface area contributed by atoms with E-state index in [0.717, 1.165) is 44.8 Å². The lowest BCUT2D eigenvalue weighted by molar-refractivity contribution is -0.107. The van der Waals surface area contributed by atoms with Crippen molar-refractivity contribution < 1.29 is 4.79 Å². The Morgan fingerprint density at radius 3 is 2.54 bits per heavy atom. The Labute approximate surface area is 150 Å². The third-order valence-corrected chi connectivity index (χ3v) is 4.64. The summed E-state index contributed by atoms with van der Waals surface area (Å²) in [6, 6.07) is 19.8. The summed E-state index contributed by atoms with van der Waals surface area (Å²) in [6.07, 6.45) is 4.44. The van der Waals surface area contributed by atoms with Gasteiger partial charge < -0.3 is 4.90 Å². The number of hydrogen-bond donors (Lipinski definition) is 0. The normalized spacial score (nSPS) is 10.6. The largest absolute Gasteiger partial charge is 0.318 e. The molecule has 0 bridgehead atoms. The fourth-order valence-corrected chi connectivity index (χ4v) is 3.28. The molecule has 0 aliphatic rings. The highest BCUT2D eigenvalue weighted by molar-refractivity contribution is 6.07. The molecule has 0 aliphatic heterocycles. The zero-order chi connectivity index (χ0) is 18.1. The van der Waals surface area contributed by atoms with Crippen molar-refractivity contribution in [2.45, 2.75) is 0 Å². The standard InChI is InChI=1S/C22H15N3O/c1-25(14-26)17-8-6-16-12-24-13-22(21(16)10-17)20-9-7-15(11-23)18-4-2-3-5-19(18)20/h2-10,12-14H,1H3. The van der Waals surface area contributed by atoms with Crippen LogP contribution in [0.15, 0.2) is 67.0 Å². The average molecular weight is 337 g/mol. The molecule has 0 radical (unpaired) electrons. The number of amides is 1. The Bertz CT molecular complexity index is 1190. The highest BCUT2D eigenvalue weighted by atomic mass is 16.1. The van der Waals surface area contributed by atoms with E-state index >= 15 is 0 Å². The highest BCUT2D eigenvalue weighted by Gasteiger charge is 2.12. The molecular formula is C22H15N3O. The molecule has 4 heteroatoms.